The molecule has 2 bridgehead atoms. The number of imide groups is 1. The summed E-state index contributed by atoms with van der Waals surface area (Å²) in [6.45, 7) is 4.85. The Morgan fingerprint density at radius 2 is 2.14 bits per heavy atom. The molecule has 0 aromatic rings. The van der Waals surface area contributed by atoms with E-state index in [1.165, 1.54) is 4.90 Å². The van der Waals surface area contributed by atoms with Crippen LogP contribution in [0.1, 0.15) is 46.0 Å². The molecule has 1 aliphatic heterocycles. The minimum Gasteiger partial charge on any atom is -0.280 e. The largest absolute Gasteiger partial charge is 0.280 e. The van der Waals surface area contributed by atoms with Crippen molar-refractivity contribution in [2.24, 2.45) is 23.7 Å². The van der Waals surface area contributed by atoms with Crippen LogP contribution in [0.25, 0.3) is 0 Å². The van der Waals surface area contributed by atoms with Gasteiger partial charge in [-0.1, -0.05) is 45.3 Å². The first-order valence-electron chi connectivity index (χ1n) is 8.27. The van der Waals surface area contributed by atoms with Gasteiger partial charge in [0.15, 0.2) is 0 Å². The Hall–Kier alpha value is -0.830. The van der Waals surface area contributed by atoms with Crippen molar-refractivity contribution < 1.29 is 9.59 Å². The van der Waals surface area contributed by atoms with Gasteiger partial charge in [0.25, 0.3) is 5.91 Å². The summed E-state index contributed by atoms with van der Waals surface area (Å²) < 4.78 is 0. The maximum absolute atomic E-state index is 12.8. The molecule has 116 valence electrons. The van der Waals surface area contributed by atoms with Gasteiger partial charge in [-0.25, -0.2) is 0 Å². The van der Waals surface area contributed by atoms with Gasteiger partial charge in [0.2, 0.25) is 5.91 Å². The third-order valence-corrected chi connectivity index (χ3v) is 6.30. The average Bonchev–Trinajstić information content (AvgIpc) is 3.10. The highest BCUT2D eigenvalue weighted by molar-refractivity contribution is 6.41. The molecule has 1 heterocycles. The van der Waals surface area contributed by atoms with Crippen molar-refractivity contribution in [1.82, 2.24) is 4.90 Å². The van der Waals surface area contributed by atoms with Crippen LogP contribution in [0.2, 0.25) is 0 Å². The van der Waals surface area contributed by atoms with Gasteiger partial charge in [0.1, 0.15) is 4.87 Å². The first-order chi connectivity index (χ1) is 10.0. The molecule has 3 rings (SSSR count). The number of carbonyl (C=O) groups excluding carboxylic acids is 2. The predicted octanol–water partition coefficient (Wildman–Crippen LogP) is 3.37. The van der Waals surface area contributed by atoms with Crippen LogP contribution < -0.4 is 0 Å². The molecule has 0 unspecified atom stereocenters. The monoisotopic (exact) mass is 309 g/mol. The van der Waals surface area contributed by atoms with E-state index in [1.807, 2.05) is 6.08 Å². The Morgan fingerprint density at radius 1 is 1.38 bits per heavy atom. The van der Waals surface area contributed by atoms with E-state index in [2.05, 4.69) is 19.9 Å². The summed E-state index contributed by atoms with van der Waals surface area (Å²) in [5.41, 5.74) is 0. The van der Waals surface area contributed by atoms with E-state index in [0.717, 1.165) is 32.1 Å². The molecule has 3 aliphatic rings. The van der Waals surface area contributed by atoms with Crippen molar-refractivity contribution in [1.29, 1.82) is 0 Å². The van der Waals surface area contributed by atoms with Gasteiger partial charge in [0, 0.05) is 12.5 Å². The lowest BCUT2D eigenvalue weighted by Gasteiger charge is -2.26. The zero-order chi connectivity index (χ0) is 15.2. The van der Waals surface area contributed by atoms with Crippen LogP contribution in [0.5, 0.6) is 0 Å². The van der Waals surface area contributed by atoms with E-state index in [-0.39, 0.29) is 29.6 Å². The van der Waals surface area contributed by atoms with Crippen LogP contribution in [-0.4, -0.2) is 28.1 Å². The summed E-state index contributed by atoms with van der Waals surface area (Å²) in [5.74, 6) is 0.150. The number of allylic oxidation sites excluding steroid dienone is 2. The van der Waals surface area contributed by atoms with Crippen LogP contribution in [0, 0.1) is 23.7 Å². The van der Waals surface area contributed by atoms with Gasteiger partial charge in [-0.05, 0) is 24.7 Å². The summed E-state index contributed by atoms with van der Waals surface area (Å²) in [4.78, 5) is 26.0. The quantitative estimate of drug-likeness (QED) is 0.428. The Kier molecular flexibility index (Phi) is 3.89. The Bertz CT molecular complexity index is 489. The van der Waals surface area contributed by atoms with E-state index in [9.17, 15) is 9.59 Å². The molecule has 5 atom stereocenters. The molecule has 2 amide bonds. The second kappa shape index (κ2) is 5.42. The Labute approximate surface area is 131 Å². The second-order valence-electron chi connectivity index (χ2n) is 6.81. The molecule has 3 nitrogen and oxygen atoms in total. The second-order valence-corrected chi connectivity index (χ2v) is 7.43. The number of rotatable bonds is 6. The lowest BCUT2D eigenvalue weighted by molar-refractivity contribution is -0.141. The van der Waals surface area contributed by atoms with Crippen molar-refractivity contribution >= 4 is 23.4 Å². The number of halogens is 1. The average molecular weight is 310 g/mol. The topological polar surface area (TPSA) is 37.4 Å². The molecule has 1 saturated heterocycles. The van der Waals surface area contributed by atoms with E-state index in [0.29, 0.717) is 12.5 Å². The minimum atomic E-state index is -0.973. The highest BCUT2D eigenvalue weighted by Gasteiger charge is 2.69. The van der Waals surface area contributed by atoms with Crippen LogP contribution in [0.3, 0.4) is 0 Å². The van der Waals surface area contributed by atoms with Crippen molar-refractivity contribution in [3.8, 4) is 0 Å². The molecule has 1 saturated carbocycles. The van der Waals surface area contributed by atoms with Crippen LogP contribution in [-0.2, 0) is 9.59 Å². The van der Waals surface area contributed by atoms with Gasteiger partial charge >= 0.3 is 0 Å². The van der Waals surface area contributed by atoms with Gasteiger partial charge in [0.05, 0.1) is 5.92 Å². The van der Waals surface area contributed by atoms with Crippen molar-refractivity contribution in [3.05, 3.63) is 12.2 Å². The fourth-order valence-corrected chi connectivity index (χ4v) is 4.82. The summed E-state index contributed by atoms with van der Waals surface area (Å²) in [6, 6.07) is 0. The molecule has 0 spiro atoms. The predicted molar refractivity (Wildman–Crippen MR) is 82.8 cm³/mol. The first kappa shape index (κ1) is 15.1. The van der Waals surface area contributed by atoms with E-state index >= 15 is 0 Å². The molecule has 0 radical (unpaired) electrons. The zero-order valence-electron chi connectivity index (χ0n) is 12.8. The standard InChI is InChI=1S/C17H24ClNO2/c1-3-5-6-11(4-2)10-19-15(20)14-12-7-8-13(9-12)17(14,18)16(19)21/h7-8,11-14H,3-6,9-10H2,1-2H3/t11-,12-,13-,14-,17+/m0/s1. The zero-order valence-corrected chi connectivity index (χ0v) is 13.6. The lowest BCUT2D eigenvalue weighted by atomic mass is 9.84. The van der Waals surface area contributed by atoms with Gasteiger partial charge < -0.3 is 0 Å². The summed E-state index contributed by atoms with van der Waals surface area (Å²) in [5, 5.41) is 0. The highest BCUT2D eigenvalue weighted by atomic mass is 35.5. The van der Waals surface area contributed by atoms with Gasteiger partial charge in [-0.2, -0.15) is 0 Å². The Morgan fingerprint density at radius 3 is 2.76 bits per heavy atom. The summed E-state index contributed by atoms with van der Waals surface area (Å²) in [6.07, 6.45) is 9.37. The van der Waals surface area contributed by atoms with E-state index in [4.69, 9.17) is 11.6 Å². The fourth-order valence-electron chi connectivity index (χ4n) is 4.31. The van der Waals surface area contributed by atoms with Crippen LogP contribution in [0.15, 0.2) is 12.2 Å². The molecular formula is C17H24ClNO2. The molecule has 0 aromatic carbocycles. The molecular weight excluding hydrogens is 286 g/mol. The fraction of sp³-hybridized carbons (Fsp3) is 0.765. The smallest absolute Gasteiger partial charge is 0.251 e. The van der Waals surface area contributed by atoms with E-state index in [1.54, 1.807) is 0 Å². The number of hydrogen-bond acceptors (Lipinski definition) is 2. The Balaban J connectivity index is 1.77. The number of likely N-dealkylation sites (tertiary alicyclic amines) is 1. The third-order valence-electron chi connectivity index (χ3n) is 5.63. The normalized spacial score (nSPS) is 38.4. The number of amides is 2. The molecule has 2 fully saturated rings. The minimum absolute atomic E-state index is 0.0261. The van der Waals surface area contributed by atoms with Gasteiger partial charge in [-0.15, -0.1) is 11.6 Å². The molecule has 2 aliphatic carbocycles. The molecule has 4 heteroatoms. The highest BCUT2D eigenvalue weighted by Crippen LogP contribution is 2.58. The number of carbonyl (C=O) groups is 2. The molecule has 0 N–H and O–H groups in total. The molecule has 21 heavy (non-hydrogen) atoms. The number of unbranched alkanes of at least 4 members (excludes halogenated alkanes) is 1. The SMILES string of the molecule is CCCC[C@H](CC)CN1C(=O)[C@@H]2[C@H]3C=C[C@@H](C3)[C@]2(Cl)C1=O. The van der Waals surface area contributed by atoms with Crippen LogP contribution >= 0.6 is 11.6 Å². The lowest BCUT2D eigenvalue weighted by Crippen LogP contribution is -2.42. The number of hydrogen-bond donors (Lipinski definition) is 0. The number of nitrogens with zero attached hydrogens (tertiary/aromatic N) is 1. The maximum Gasteiger partial charge on any atom is 0.251 e. The molecule has 0 aromatic heterocycles. The van der Waals surface area contributed by atoms with E-state index < -0.39 is 4.87 Å². The number of alkyl halides is 1. The third kappa shape index (κ3) is 2.08. The first-order valence-corrected chi connectivity index (χ1v) is 8.64. The summed E-state index contributed by atoms with van der Waals surface area (Å²) in [7, 11) is 0. The van der Waals surface area contributed by atoms with Crippen molar-refractivity contribution in [2.75, 3.05) is 6.54 Å². The van der Waals surface area contributed by atoms with Crippen molar-refractivity contribution in [2.45, 2.75) is 50.8 Å². The van der Waals surface area contributed by atoms with Crippen LogP contribution in [0.4, 0.5) is 0 Å². The van der Waals surface area contributed by atoms with Crippen molar-refractivity contribution in [3.63, 3.8) is 0 Å². The van der Waals surface area contributed by atoms with Gasteiger partial charge in [-0.3, -0.25) is 14.5 Å². The maximum atomic E-state index is 12.8. The summed E-state index contributed by atoms with van der Waals surface area (Å²) >= 11 is 6.67. The number of fused-ring (bicyclic) bond motifs is 5.